The average molecular weight is 320 g/mol. The number of amides is 2. The smallest absolute Gasteiger partial charge is 0.261 e. The topological polar surface area (TPSA) is 49.4 Å². The Balaban J connectivity index is 1.74. The highest BCUT2D eigenvalue weighted by Gasteiger charge is 2.11. The fraction of sp³-hybridized carbons (Fsp3) is 0.250. The first-order valence-electron chi connectivity index (χ1n) is 6.86. The minimum Gasteiger partial charge on any atom is -0.351 e. The summed E-state index contributed by atoms with van der Waals surface area (Å²) >= 11 is 1.36. The molecule has 0 saturated heterocycles. The van der Waals surface area contributed by atoms with E-state index >= 15 is 0 Å². The van der Waals surface area contributed by atoms with Gasteiger partial charge in [-0.15, -0.1) is 11.3 Å². The summed E-state index contributed by atoms with van der Waals surface area (Å²) in [5, 5.41) is 4.55. The lowest BCUT2D eigenvalue weighted by Crippen LogP contribution is -2.31. The van der Waals surface area contributed by atoms with E-state index in [0.29, 0.717) is 18.0 Å². The second-order valence-electron chi connectivity index (χ2n) is 4.86. The Kier molecular flexibility index (Phi) is 5.66. The van der Waals surface area contributed by atoms with Crippen molar-refractivity contribution >= 4 is 23.2 Å². The Morgan fingerprint density at radius 3 is 2.59 bits per heavy atom. The zero-order valence-electron chi connectivity index (χ0n) is 12.2. The van der Waals surface area contributed by atoms with Gasteiger partial charge in [-0.1, -0.05) is 18.2 Å². The SMILES string of the molecule is CN(Cc1ccc(F)cc1)C(=O)CCNC(=O)c1cccs1. The summed E-state index contributed by atoms with van der Waals surface area (Å²) in [6.45, 7) is 0.710. The highest BCUT2D eigenvalue weighted by Crippen LogP contribution is 2.08. The largest absolute Gasteiger partial charge is 0.351 e. The lowest BCUT2D eigenvalue weighted by molar-refractivity contribution is -0.130. The molecule has 1 aromatic heterocycles. The Morgan fingerprint density at radius 1 is 1.23 bits per heavy atom. The summed E-state index contributed by atoms with van der Waals surface area (Å²) in [4.78, 5) is 25.9. The van der Waals surface area contributed by atoms with Crippen molar-refractivity contribution in [2.75, 3.05) is 13.6 Å². The standard InChI is InChI=1S/C16H17FN2O2S/c1-19(11-12-4-6-13(17)7-5-12)15(20)8-9-18-16(21)14-3-2-10-22-14/h2-7,10H,8-9,11H2,1H3,(H,18,21). The molecule has 0 aliphatic heterocycles. The molecule has 4 nitrogen and oxygen atoms in total. The van der Waals surface area contributed by atoms with E-state index in [9.17, 15) is 14.0 Å². The minimum absolute atomic E-state index is 0.0733. The fourth-order valence-corrected chi connectivity index (χ4v) is 2.56. The highest BCUT2D eigenvalue weighted by molar-refractivity contribution is 7.12. The highest BCUT2D eigenvalue weighted by atomic mass is 32.1. The minimum atomic E-state index is -0.297. The third kappa shape index (κ3) is 4.66. The van der Waals surface area contributed by atoms with E-state index in [0.717, 1.165) is 5.56 Å². The molecule has 22 heavy (non-hydrogen) atoms. The first-order valence-corrected chi connectivity index (χ1v) is 7.74. The first-order chi connectivity index (χ1) is 10.6. The van der Waals surface area contributed by atoms with Crippen LogP contribution in [0.4, 0.5) is 4.39 Å². The Morgan fingerprint density at radius 2 is 1.95 bits per heavy atom. The van der Waals surface area contributed by atoms with Crippen LogP contribution in [0.5, 0.6) is 0 Å². The van der Waals surface area contributed by atoms with Crippen LogP contribution < -0.4 is 5.32 Å². The molecule has 2 amide bonds. The van der Waals surface area contributed by atoms with Gasteiger partial charge in [-0.25, -0.2) is 4.39 Å². The van der Waals surface area contributed by atoms with Crippen LogP contribution in [0, 0.1) is 5.82 Å². The van der Waals surface area contributed by atoms with Crippen LogP contribution >= 0.6 is 11.3 Å². The number of hydrogen-bond donors (Lipinski definition) is 1. The number of thiophene rings is 1. The molecular formula is C16H17FN2O2S. The van der Waals surface area contributed by atoms with E-state index in [-0.39, 0.29) is 24.1 Å². The predicted octanol–water partition coefficient (Wildman–Crippen LogP) is 2.67. The number of carbonyl (C=O) groups is 2. The van der Waals surface area contributed by atoms with Crippen LogP contribution in [0.3, 0.4) is 0 Å². The quantitative estimate of drug-likeness (QED) is 0.889. The molecule has 0 aliphatic carbocycles. The normalized spacial score (nSPS) is 10.3. The van der Waals surface area contributed by atoms with E-state index in [1.165, 1.54) is 23.5 Å². The molecule has 0 bridgehead atoms. The van der Waals surface area contributed by atoms with E-state index in [2.05, 4.69) is 5.32 Å². The lowest BCUT2D eigenvalue weighted by atomic mass is 10.2. The molecule has 116 valence electrons. The molecule has 1 N–H and O–H groups in total. The molecule has 2 rings (SSSR count). The number of carbonyl (C=O) groups excluding carboxylic acids is 2. The fourth-order valence-electron chi connectivity index (χ4n) is 1.92. The summed E-state index contributed by atoms with van der Waals surface area (Å²) in [5.74, 6) is -0.534. The van der Waals surface area contributed by atoms with Crippen LogP contribution in [-0.2, 0) is 11.3 Å². The van der Waals surface area contributed by atoms with Crippen molar-refractivity contribution in [3.63, 3.8) is 0 Å². The van der Waals surface area contributed by atoms with Gasteiger partial charge in [-0.05, 0) is 29.1 Å². The third-order valence-electron chi connectivity index (χ3n) is 3.13. The van der Waals surface area contributed by atoms with E-state index < -0.39 is 0 Å². The second-order valence-corrected chi connectivity index (χ2v) is 5.81. The van der Waals surface area contributed by atoms with Crippen LogP contribution in [0.1, 0.15) is 21.7 Å². The van der Waals surface area contributed by atoms with E-state index in [1.807, 2.05) is 5.38 Å². The lowest BCUT2D eigenvalue weighted by Gasteiger charge is -2.17. The van der Waals surface area contributed by atoms with Gasteiger partial charge < -0.3 is 10.2 Å². The van der Waals surface area contributed by atoms with Gasteiger partial charge in [0, 0.05) is 26.6 Å². The van der Waals surface area contributed by atoms with Crippen LogP contribution in [0.15, 0.2) is 41.8 Å². The van der Waals surface area contributed by atoms with Gasteiger partial charge in [-0.2, -0.15) is 0 Å². The summed E-state index contributed by atoms with van der Waals surface area (Å²) in [6, 6.07) is 9.59. The number of hydrogen-bond acceptors (Lipinski definition) is 3. The molecular weight excluding hydrogens is 303 g/mol. The summed E-state index contributed by atoms with van der Waals surface area (Å²) in [7, 11) is 1.69. The zero-order chi connectivity index (χ0) is 15.9. The van der Waals surface area contributed by atoms with Crippen LogP contribution in [0.2, 0.25) is 0 Å². The zero-order valence-corrected chi connectivity index (χ0v) is 13.0. The van der Waals surface area contributed by atoms with E-state index in [4.69, 9.17) is 0 Å². The van der Waals surface area contributed by atoms with Gasteiger partial charge in [0.15, 0.2) is 0 Å². The molecule has 0 spiro atoms. The van der Waals surface area contributed by atoms with Crippen molar-refractivity contribution in [2.45, 2.75) is 13.0 Å². The Hall–Kier alpha value is -2.21. The maximum absolute atomic E-state index is 12.8. The maximum atomic E-state index is 12.8. The number of nitrogens with one attached hydrogen (secondary N) is 1. The molecule has 0 atom stereocenters. The summed E-state index contributed by atoms with van der Waals surface area (Å²) < 4.78 is 12.8. The summed E-state index contributed by atoms with van der Waals surface area (Å²) in [6.07, 6.45) is 0.231. The van der Waals surface area contributed by atoms with Gasteiger partial charge in [0.05, 0.1) is 4.88 Å². The third-order valence-corrected chi connectivity index (χ3v) is 4.00. The second kappa shape index (κ2) is 7.70. The van der Waals surface area contributed by atoms with Gasteiger partial charge in [-0.3, -0.25) is 9.59 Å². The molecule has 1 heterocycles. The molecule has 2 aromatic rings. The molecule has 0 aliphatic rings. The Labute approximate surface area is 132 Å². The molecule has 0 fully saturated rings. The van der Waals surface area contributed by atoms with Gasteiger partial charge in [0.2, 0.25) is 5.91 Å². The molecule has 0 saturated carbocycles. The van der Waals surface area contributed by atoms with Crippen molar-refractivity contribution in [3.05, 3.63) is 58.0 Å². The molecule has 0 radical (unpaired) electrons. The van der Waals surface area contributed by atoms with Gasteiger partial charge in [0.25, 0.3) is 5.91 Å². The van der Waals surface area contributed by atoms with Gasteiger partial charge >= 0.3 is 0 Å². The number of rotatable bonds is 6. The molecule has 0 unspecified atom stereocenters. The van der Waals surface area contributed by atoms with Crippen molar-refractivity contribution in [2.24, 2.45) is 0 Å². The average Bonchev–Trinajstić information content (AvgIpc) is 3.03. The molecule has 1 aromatic carbocycles. The summed E-state index contributed by atoms with van der Waals surface area (Å²) in [5.41, 5.74) is 0.861. The van der Waals surface area contributed by atoms with Crippen molar-refractivity contribution in [3.8, 4) is 0 Å². The van der Waals surface area contributed by atoms with Crippen LogP contribution in [-0.4, -0.2) is 30.3 Å². The number of benzene rings is 1. The van der Waals surface area contributed by atoms with Crippen LogP contribution in [0.25, 0.3) is 0 Å². The van der Waals surface area contributed by atoms with Gasteiger partial charge in [0.1, 0.15) is 5.82 Å². The maximum Gasteiger partial charge on any atom is 0.261 e. The first kappa shape index (κ1) is 16.2. The monoisotopic (exact) mass is 320 g/mol. The molecule has 6 heteroatoms. The van der Waals surface area contributed by atoms with Crippen molar-refractivity contribution < 1.29 is 14.0 Å². The van der Waals surface area contributed by atoms with Crippen molar-refractivity contribution in [1.82, 2.24) is 10.2 Å². The van der Waals surface area contributed by atoms with Crippen molar-refractivity contribution in [1.29, 1.82) is 0 Å². The number of nitrogens with zero attached hydrogens (tertiary/aromatic N) is 1. The number of halogens is 1. The van der Waals surface area contributed by atoms with E-state index in [1.54, 1.807) is 36.2 Å². The Bertz CT molecular complexity index is 626. The predicted molar refractivity (Wildman–Crippen MR) is 84.1 cm³/mol.